The zero-order valence-electron chi connectivity index (χ0n) is 10.2. The van der Waals surface area contributed by atoms with Crippen molar-refractivity contribution in [3.63, 3.8) is 0 Å². The minimum atomic E-state index is -0.241. The molecule has 0 amide bonds. The summed E-state index contributed by atoms with van der Waals surface area (Å²) in [6.07, 6.45) is 3.19. The molecule has 17 heavy (non-hydrogen) atoms. The summed E-state index contributed by atoms with van der Waals surface area (Å²) in [5.74, 6) is -0.241. The number of anilines is 1. The Morgan fingerprint density at radius 3 is 2.53 bits per heavy atom. The van der Waals surface area contributed by atoms with Gasteiger partial charge in [-0.25, -0.2) is 4.79 Å². The van der Waals surface area contributed by atoms with Crippen LogP contribution < -0.4 is 4.90 Å². The molecule has 3 nitrogen and oxygen atoms in total. The first kappa shape index (κ1) is 11.7. The summed E-state index contributed by atoms with van der Waals surface area (Å²) in [7, 11) is 0. The molecule has 0 fully saturated rings. The van der Waals surface area contributed by atoms with Gasteiger partial charge in [-0.3, -0.25) is 0 Å². The van der Waals surface area contributed by atoms with Gasteiger partial charge in [0.05, 0.1) is 6.54 Å². The number of carbonyl (C=O) groups excluding carboxylic acids is 1. The van der Waals surface area contributed by atoms with Crippen LogP contribution in [0.25, 0.3) is 0 Å². The van der Waals surface area contributed by atoms with Crippen LogP contribution in [0.15, 0.2) is 36.4 Å². The van der Waals surface area contributed by atoms with Gasteiger partial charge in [0.2, 0.25) is 0 Å². The number of hydrogen-bond donors (Lipinski definition) is 0. The van der Waals surface area contributed by atoms with E-state index < -0.39 is 0 Å². The molecule has 1 unspecified atom stereocenters. The maximum atomic E-state index is 11.0. The number of cyclic esters (lactones) is 1. The number of benzene rings is 1. The molecule has 0 bridgehead atoms. The quantitative estimate of drug-likeness (QED) is 0.745. The zero-order valence-corrected chi connectivity index (χ0v) is 10.2. The van der Waals surface area contributed by atoms with Gasteiger partial charge >= 0.3 is 5.97 Å². The van der Waals surface area contributed by atoms with E-state index in [1.54, 1.807) is 0 Å². The van der Waals surface area contributed by atoms with Crippen molar-refractivity contribution in [2.24, 2.45) is 0 Å². The normalized spacial score (nSPS) is 18.2. The van der Waals surface area contributed by atoms with Gasteiger partial charge in [-0.05, 0) is 32.1 Å². The van der Waals surface area contributed by atoms with E-state index in [9.17, 15) is 4.79 Å². The van der Waals surface area contributed by atoms with Crippen molar-refractivity contribution in [2.75, 3.05) is 18.0 Å². The van der Waals surface area contributed by atoms with Crippen molar-refractivity contribution in [1.82, 2.24) is 0 Å². The number of aryl methyl sites for hydroxylation is 1. The maximum absolute atomic E-state index is 11.0. The van der Waals surface area contributed by atoms with Crippen molar-refractivity contribution in [3.8, 4) is 0 Å². The maximum Gasteiger partial charge on any atom is 0.331 e. The Morgan fingerprint density at radius 2 is 2.00 bits per heavy atom. The Morgan fingerprint density at radius 1 is 1.29 bits per heavy atom. The molecule has 1 aliphatic rings. The molecule has 0 aliphatic carbocycles. The average Bonchev–Trinajstić information content (AvgIpc) is 2.73. The van der Waals surface area contributed by atoms with E-state index in [1.807, 2.05) is 6.08 Å². The topological polar surface area (TPSA) is 29.5 Å². The van der Waals surface area contributed by atoms with Gasteiger partial charge in [-0.2, -0.15) is 0 Å². The van der Waals surface area contributed by atoms with Gasteiger partial charge < -0.3 is 9.64 Å². The molecule has 0 saturated heterocycles. The van der Waals surface area contributed by atoms with E-state index >= 15 is 0 Å². The number of ether oxygens (including phenoxy) is 1. The lowest BCUT2D eigenvalue weighted by atomic mass is 10.2. The summed E-state index contributed by atoms with van der Waals surface area (Å²) < 4.78 is 5.15. The molecule has 1 aliphatic heterocycles. The third kappa shape index (κ3) is 2.87. The second-order valence-electron chi connectivity index (χ2n) is 4.21. The molecule has 1 aromatic rings. The SMILES string of the molecule is CCN(CC1C=CC(=O)O1)c1ccc(C)cc1. The molecule has 3 heteroatoms. The van der Waals surface area contributed by atoms with E-state index in [1.165, 1.54) is 11.6 Å². The second kappa shape index (κ2) is 5.04. The number of carbonyl (C=O) groups is 1. The molecule has 1 aromatic carbocycles. The molecule has 0 spiro atoms. The van der Waals surface area contributed by atoms with Crippen molar-refractivity contribution >= 4 is 11.7 Å². The Labute approximate surface area is 102 Å². The highest BCUT2D eigenvalue weighted by atomic mass is 16.5. The lowest BCUT2D eigenvalue weighted by molar-refractivity contribution is -0.138. The van der Waals surface area contributed by atoms with Gasteiger partial charge in [0.1, 0.15) is 6.10 Å². The zero-order chi connectivity index (χ0) is 12.3. The first-order valence-corrected chi connectivity index (χ1v) is 5.89. The predicted molar refractivity (Wildman–Crippen MR) is 68.1 cm³/mol. The van der Waals surface area contributed by atoms with Crippen molar-refractivity contribution in [2.45, 2.75) is 20.0 Å². The Bertz CT molecular complexity index is 422. The summed E-state index contributed by atoms with van der Waals surface area (Å²) in [4.78, 5) is 13.2. The summed E-state index contributed by atoms with van der Waals surface area (Å²) in [5, 5.41) is 0. The van der Waals surface area contributed by atoms with Crippen molar-refractivity contribution < 1.29 is 9.53 Å². The molecule has 0 aromatic heterocycles. The van der Waals surface area contributed by atoms with Gasteiger partial charge in [0, 0.05) is 18.3 Å². The number of hydrogen-bond acceptors (Lipinski definition) is 3. The Hall–Kier alpha value is -1.77. The van der Waals surface area contributed by atoms with E-state index in [-0.39, 0.29) is 12.1 Å². The smallest absolute Gasteiger partial charge is 0.331 e. The molecule has 1 heterocycles. The lowest BCUT2D eigenvalue weighted by Gasteiger charge is -2.25. The molecule has 0 saturated carbocycles. The van der Waals surface area contributed by atoms with Gasteiger partial charge in [-0.15, -0.1) is 0 Å². The third-order valence-electron chi connectivity index (χ3n) is 2.90. The second-order valence-corrected chi connectivity index (χ2v) is 4.21. The Balaban J connectivity index is 2.04. The fraction of sp³-hybridized carbons (Fsp3) is 0.357. The summed E-state index contributed by atoms with van der Waals surface area (Å²) in [5.41, 5.74) is 2.41. The molecular formula is C14H17NO2. The highest BCUT2D eigenvalue weighted by Gasteiger charge is 2.19. The molecule has 1 atom stereocenters. The van der Waals surface area contributed by atoms with Gasteiger partial charge in [0.25, 0.3) is 0 Å². The first-order chi connectivity index (χ1) is 8.19. The highest BCUT2D eigenvalue weighted by molar-refractivity contribution is 5.84. The fourth-order valence-corrected chi connectivity index (χ4v) is 1.90. The van der Waals surface area contributed by atoms with Crippen LogP contribution in [0.1, 0.15) is 12.5 Å². The lowest BCUT2D eigenvalue weighted by Crippen LogP contribution is -2.32. The van der Waals surface area contributed by atoms with E-state index in [0.717, 1.165) is 12.2 Å². The van der Waals surface area contributed by atoms with E-state index in [4.69, 9.17) is 4.74 Å². The number of rotatable bonds is 4. The van der Waals surface area contributed by atoms with Crippen molar-refractivity contribution in [1.29, 1.82) is 0 Å². The van der Waals surface area contributed by atoms with Crippen LogP contribution in [0.5, 0.6) is 0 Å². The minimum Gasteiger partial charge on any atom is -0.453 e. The Kier molecular flexibility index (Phi) is 3.47. The summed E-state index contributed by atoms with van der Waals surface area (Å²) in [6, 6.07) is 8.38. The summed E-state index contributed by atoms with van der Waals surface area (Å²) in [6.45, 7) is 5.77. The third-order valence-corrected chi connectivity index (χ3v) is 2.90. The predicted octanol–water partition coefficient (Wildman–Crippen LogP) is 2.30. The highest BCUT2D eigenvalue weighted by Crippen LogP contribution is 2.17. The average molecular weight is 231 g/mol. The number of likely N-dealkylation sites (N-methyl/N-ethyl adjacent to an activating group) is 1. The standard InChI is InChI=1S/C14H17NO2/c1-3-15(10-13-8-9-14(16)17-13)12-6-4-11(2)5-7-12/h4-9,13H,3,10H2,1-2H3. The van der Waals surface area contributed by atoms with Crippen LogP contribution in [0, 0.1) is 6.92 Å². The van der Waals surface area contributed by atoms with E-state index in [2.05, 4.69) is 43.0 Å². The van der Waals surface area contributed by atoms with Crippen LogP contribution in [-0.2, 0) is 9.53 Å². The minimum absolute atomic E-state index is 0.122. The van der Waals surface area contributed by atoms with E-state index in [0.29, 0.717) is 6.54 Å². The van der Waals surface area contributed by atoms with Crippen molar-refractivity contribution in [3.05, 3.63) is 42.0 Å². The number of nitrogens with zero attached hydrogens (tertiary/aromatic N) is 1. The largest absolute Gasteiger partial charge is 0.453 e. The monoisotopic (exact) mass is 231 g/mol. The molecule has 90 valence electrons. The van der Waals surface area contributed by atoms with Crippen LogP contribution in [0.3, 0.4) is 0 Å². The molecule has 0 radical (unpaired) electrons. The van der Waals surface area contributed by atoms with Gasteiger partial charge in [-0.1, -0.05) is 17.7 Å². The van der Waals surface area contributed by atoms with Gasteiger partial charge in [0.15, 0.2) is 0 Å². The molecule has 0 N–H and O–H groups in total. The molecular weight excluding hydrogens is 214 g/mol. The number of esters is 1. The van der Waals surface area contributed by atoms with Crippen LogP contribution >= 0.6 is 0 Å². The summed E-state index contributed by atoms with van der Waals surface area (Å²) >= 11 is 0. The van der Waals surface area contributed by atoms with Crippen LogP contribution in [0.4, 0.5) is 5.69 Å². The van der Waals surface area contributed by atoms with Crippen LogP contribution in [-0.4, -0.2) is 25.2 Å². The first-order valence-electron chi connectivity index (χ1n) is 5.89. The van der Waals surface area contributed by atoms with Crippen LogP contribution in [0.2, 0.25) is 0 Å². The molecule has 2 rings (SSSR count). The fourth-order valence-electron chi connectivity index (χ4n) is 1.90.